The lowest BCUT2D eigenvalue weighted by atomic mass is 9.77. The minimum atomic E-state index is -0.731. The van der Waals surface area contributed by atoms with E-state index in [-0.39, 0.29) is 30.5 Å². The zero-order chi connectivity index (χ0) is 20.8. The third kappa shape index (κ3) is 2.88. The number of carbonyl (C=O) groups is 2. The van der Waals surface area contributed by atoms with Gasteiger partial charge in [0.15, 0.2) is 11.5 Å². The Balaban J connectivity index is 1.65. The Kier molecular flexibility index (Phi) is 4.70. The first kappa shape index (κ1) is 19.1. The fraction of sp³-hybridized carbons (Fsp3) is 0.364. The second-order valence-electron chi connectivity index (χ2n) is 7.63. The van der Waals surface area contributed by atoms with Crippen LogP contribution in [-0.4, -0.2) is 48.6 Å². The van der Waals surface area contributed by atoms with Crippen LogP contribution in [0.25, 0.3) is 0 Å². The summed E-state index contributed by atoms with van der Waals surface area (Å²) in [6.45, 7) is 0.161. The number of benzene rings is 2. The number of likely N-dealkylation sites (tertiary alicyclic amines) is 1. The molecule has 0 saturated carbocycles. The van der Waals surface area contributed by atoms with Gasteiger partial charge in [-0.15, -0.1) is 11.6 Å². The van der Waals surface area contributed by atoms with Crippen molar-refractivity contribution in [2.24, 2.45) is 0 Å². The van der Waals surface area contributed by atoms with E-state index in [2.05, 4.69) is 11.4 Å². The number of ether oxygens (including phenoxy) is 3. The molecule has 4 atom stereocenters. The molecule has 0 unspecified atom stereocenters. The number of rotatable bonds is 3. The van der Waals surface area contributed by atoms with E-state index in [1.807, 2.05) is 36.4 Å². The van der Waals surface area contributed by atoms with Crippen molar-refractivity contribution in [3.05, 3.63) is 53.6 Å². The number of esters is 1. The highest BCUT2D eigenvalue weighted by atomic mass is 35.5. The molecule has 3 aliphatic heterocycles. The number of anilines is 1. The van der Waals surface area contributed by atoms with E-state index >= 15 is 0 Å². The fourth-order valence-corrected chi connectivity index (χ4v) is 5.07. The summed E-state index contributed by atoms with van der Waals surface area (Å²) in [5.74, 6) is 0.346. The van der Waals surface area contributed by atoms with Gasteiger partial charge in [0.05, 0.1) is 19.2 Å². The molecule has 0 aliphatic carbocycles. The highest BCUT2D eigenvalue weighted by Crippen LogP contribution is 2.51. The molecule has 3 aliphatic rings. The van der Waals surface area contributed by atoms with Gasteiger partial charge in [0, 0.05) is 11.6 Å². The molecule has 156 valence electrons. The van der Waals surface area contributed by atoms with Gasteiger partial charge in [0.1, 0.15) is 11.9 Å². The number of fused-ring (bicyclic) bond motifs is 4. The fourth-order valence-electron chi connectivity index (χ4n) is 4.93. The number of carbonyl (C=O) groups excluding carboxylic acids is 2. The van der Waals surface area contributed by atoms with Crippen LogP contribution in [-0.2, 0) is 14.3 Å². The Morgan fingerprint density at radius 3 is 2.80 bits per heavy atom. The van der Waals surface area contributed by atoms with Gasteiger partial charge in [0.25, 0.3) is 0 Å². The van der Waals surface area contributed by atoms with Crippen molar-refractivity contribution in [1.82, 2.24) is 4.90 Å². The number of amides is 1. The van der Waals surface area contributed by atoms with Gasteiger partial charge < -0.3 is 24.4 Å². The summed E-state index contributed by atoms with van der Waals surface area (Å²) >= 11 is 5.97. The molecule has 5 rings (SSSR count). The summed E-state index contributed by atoms with van der Waals surface area (Å²) < 4.78 is 16.1. The summed E-state index contributed by atoms with van der Waals surface area (Å²) in [6, 6.07) is 12.4. The van der Waals surface area contributed by atoms with Crippen molar-refractivity contribution in [1.29, 1.82) is 0 Å². The lowest BCUT2D eigenvalue weighted by molar-refractivity contribution is -0.157. The highest BCUT2D eigenvalue weighted by molar-refractivity contribution is 6.27. The summed E-state index contributed by atoms with van der Waals surface area (Å²) in [4.78, 5) is 27.3. The van der Waals surface area contributed by atoms with Crippen LogP contribution >= 0.6 is 11.6 Å². The van der Waals surface area contributed by atoms with Gasteiger partial charge in [-0.25, -0.2) is 4.79 Å². The monoisotopic (exact) mass is 428 g/mol. The molecule has 2 aromatic carbocycles. The van der Waals surface area contributed by atoms with E-state index in [4.69, 9.17) is 25.8 Å². The average Bonchev–Trinajstić information content (AvgIpc) is 3.40. The van der Waals surface area contributed by atoms with Crippen LogP contribution in [0.5, 0.6) is 11.5 Å². The predicted octanol–water partition coefficient (Wildman–Crippen LogP) is 3.05. The summed E-state index contributed by atoms with van der Waals surface area (Å²) in [5, 5.41) is 3.58. The Bertz CT molecular complexity index is 1010. The van der Waals surface area contributed by atoms with E-state index in [0.717, 1.165) is 16.8 Å². The van der Waals surface area contributed by atoms with Crippen LogP contribution in [0.3, 0.4) is 0 Å². The lowest BCUT2D eigenvalue weighted by Gasteiger charge is -2.47. The predicted molar refractivity (Wildman–Crippen MR) is 110 cm³/mol. The molecule has 8 heteroatoms. The maximum absolute atomic E-state index is 13.0. The average molecular weight is 429 g/mol. The first-order valence-electron chi connectivity index (χ1n) is 9.82. The molecule has 0 aromatic heterocycles. The van der Waals surface area contributed by atoms with Crippen molar-refractivity contribution in [2.45, 2.75) is 30.5 Å². The maximum atomic E-state index is 13.0. The smallest absolute Gasteiger partial charge is 0.328 e. The minimum absolute atomic E-state index is 0.0418. The van der Waals surface area contributed by atoms with Gasteiger partial charge in [0.2, 0.25) is 12.7 Å². The highest BCUT2D eigenvalue weighted by Gasteiger charge is 2.51. The normalized spacial score (nSPS) is 25.9. The van der Waals surface area contributed by atoms with E-state index in [0.29, 0.717) is 17.9 Å². The molecule has 30 heavy (non-hydrogen) atoms. The topological polar surface area (TPSA) is 77.1 Å². The molecule has 1 saturated heterocycles. The van der Waals surface area contributed by atoms with Crippen molar-refractivity contribution in [2.75, 3.05) is 25.1 Å². The third-order valence-corrected chi connectivity index (χ3v) is 6.41. The molecule has 1 amide bonds. The van der Waals surface area contributed by atoms with Crippen LogP contribution in [0.2, 0.25) is 0 Å². The van der Waals surface area contributed by atoms with Gasteiger partial charge >= 0.3 is 5.97 Å². The van der Waals surface area contributed by atoms with Gasteiger partial charge in [-0.1, -0.05) is 24.3 Å². The number of piperidine rings is 1. The standard InChI is InChI=1S/C22H21ClN2O5/c1-28-22(27)16-9-14-13-4-2-3-5-15(13)24-20(14)21(25(16)19(26)10-23)12-6-7-17-18(8-12)30-11-29-17/h2-8,14,16,20-21,24H,9-11H2,1H3/t14-,16+,20+,21+/m1/s1. The van der Waals surface area contributed by atoms with E-state index in [1.165, 1.54) is 7.11 Å². The maximum Gasteiger partial charge on any atom is 0.328 e. The second kappa shape index (κ2) is 7.40. The van der Waals surface area contributed by atoms with Gasteiger partial charge in [-0.05, 0) is 35.7 Å². The van der Waals surface area contributed by atoms with Crippen molar-refractivity contribution in [3.8, 4) is 11.5 Å². The number of para-hydroxylation sites is 1. The van der Waals surface area contributed by atoms with Crippen molar-refractivity contribution >= 4 is 29.2 Å². The zero-order valence-corrected chi connectivity index (χ0v) is 17.1. The van der Waals surface area contributed by atoms with Crippen molar-refractivity contribution in [3.63, 3.8) is 0 Å². The van der Waals surface area contributed by atoms with Gasteiger partial charge in [-0.2, -0.15) is 0 Å². The lowest BCUT2D eigenvalue weighted by Crippen LogP contribution is -2.57. The van der Waals surface area contributed by atoms with Crippen LogP contribution in [0.15, 0.2) is 42.5 Å². The summed E-state index contributed by atoms with van der Waals surface area (Å²) in [7, 11) is 1.34. The van der Waals surface area contributed by atoms with Crippen molar-refractivity contribution < 1.29 is 23.8 Å². The molecular weight excluding hydrogens is 408 g/mol. The van der Waals surface area contributed by atoms with E-state index in [9.17, 15) is 9.59 Å². The van der Waals surface area contributed by atoms with Crippen LogP contribution < -0.4 is 14.8 Å². The van der Waals surface area contributed by atoms with Crippen LogP contribution in [0.4, 0.5) is 5.69 Å². The molecule has 2 aromatic rings. The van der Waals surface area contributed by atoms with Crippen LogP contribution in [0.1, 0.15) is 29.5 Å². The number of hydrogen-bond donors (Lipinski definition) is 1. The molecule has 3 heterocycles. The third-order valence-electron chi connectivity index (χ3n) is 6.18. The molecule has 1 fully saturated rings. The van der Waals surface area contributed by atoms with E-state index in [1.54, 1.807) is 4.90 Å². The van der Waals surface area contributed by atoms with Crippen LogP contribution in [0, 0.1) is 0 Å². The molecule has 7 nitrogen and oxygen atoms in total. The Morgan fingerprint density at radius 1 is 1.20 bits per heavy atom. The first-order chi connectivity index (χ1) is 14.6. The summed E-state index contributed by atoms with van der Waals surface area (Å²) in [6.07, 6.45) is 0.463. The van der Waals surface area contributed by atoms with Gasteiger partial charge in [-0.3, -0.25) is 4.79 Å². The number of hydrogen-bond acceptors (Lipinski definition) is 6. The Labute approximate surface area is 178 Å². The Morgan fingerprint density at radius 2 is 2.00 bits per heavy atom. The molecule has 0 bridgehead atoms. The number of nitrogens with one attached hydrogen (secondary N) is 1. The quantitative estimate of drug-likeness (QED) is 0.598. The first-order valence-corrected chi connectivity index (χ1v) is 10.4. The number of alkyl halides is 1. The zero-order valence-electron chi connectivity index (χ0n) is 16.3. The molecule has 0 spiro atoms. The SMILES string of the molecule is COC(=O)[C@@H]1C[C@@H]2c3ccccc3N[C@@H]2[C@H](c2ccc3c(c2)OCO3)N1C(=O)CCl. The minimum Gasteiger partial charge on any atom is -0.467 e. The second-order valence-corrected chi connectivity index (χ2v) is 7.90. The number of nitrogens with zero attached hydrogens (tertiary/aromatic N) is 1. The van der Waals surface area contributed by atoms with E-state index < -0.39 is 18.1 Å². The largest absolute Gasteiger partial charge is 0.467 e. The summed E-state index contributed by atoms with van der Waals surface area (Å²) in [5.41, 5.74) is 3.00. The Hall–Kier alpha value is -2.93. The molecule has 0 radical (unpaired) electrons. The molecular formula is C22H21ClN2O5. The number of halogens is 1. The molecule has 1 N–H and O–H groups in total. The number of methoxy groups -OCH3 is 1.